The third kappa shape index (κ3) is 3.91. The minimum atomic E-state index is -3.04. The summed E-state index contributed by atoms with van der Waals surface area (Å²) in [5.41, 5.74) is 0. The molecule has 0 amide bonds. The van der Waals surface area contributed by atoms with Gasteiger partial charge in [-0.15, -0.1) is 0 Å². The van der Waals surface area contributed by atoms with Crippen LogP contribution in [-0.4, -0.2) is 30.2 Å². The number of hydrogen-bond acceptors (Lipinski definition) is 5. The lowest BCUT2D eigenvalue weighted by molar-refractivity contribution is -0.113. The molecule has 1 unspecified atom stereocenters. The molecule has 0 N–H and O–H groups in total. The molecule has 1 atom stereocenters. The van der Waals surface area contributed by atoms with Crippen LogP contribution in [-0.2, 0) is 18.4 Å². The molecule has 0 aromatic carbocycles. The van der Waals surface area contributed by atoms with E-state index in [2.05, 4.69) is 0 Å². The van der Waals surface area contributed by atoms with Crippen LogP contribution in [0.1, 0.15) is 20.3 Å². The van der Waals surface area contributed by atoms with Gasteiger partial charge in [0, 0.05) is 11.7 Å². The SMILES string of the molecule is CCOP(=O)(CC1CCSC1=O)OCC. The van der Waals surface area contributed by atoms with Crippen molar-refractivity contribution in [2.45, 2.75) is 20.3 Å². The zero-order valence-corrected chi connectivity index (χ0v) is 10.8. The highest BCUT2D eigenvalue weighted by Crippen LogP contribution is 2.51. The molecule has 6 heteroatoms. The molecule has 1 aliphatic heterocycles. The van der Waals surface area contributed by atoms with Crippen LogP contribution in [0.5, 0.6) is 0 Å². The standard InChI is InChI=1S/C9H17O4PS/c1-3-12-14(11,13-4-2)7-8-5-6-15-9(8)10/h8H,3-7H2,1-2H3. The first-order valence-corrected chi connectivity index (χ1v) is 7.87. The van der Waals surface area contributed by atoms with Gasteiger partial charge >= 0.3 is 7.60 Å². The van der Waals surface area contributed by atoms with Gasteiger partial charge in [0.2, 0.25) is 0 Å². The number of thioether (sulfide) groups is 1. The van der Waals surface area contributed by atoms with Gasteiger partial charge in [-0.2, -0.15) is 0 Å². The van der Waals surface area contributed by atoms with E-state index in [1.54, 1.807) is 13.8 Å². The molecule has 0 aromatic heterocycles. The zero-order valence-electron chi connectivity index (χ0n) is 9.10. The molecule has 0 aromatic rings. The molecule has 1 aliphatic rings. The predicted octanol–water partition coefficient (Wildman–Crippen LogP) is 2.53. The highest BCUT2D eigenvalue weighted by atomic mass is 32.2. The van der Waals surface area contributed by atoms with Crippen LogP contribution in [0, 0.1) is 5.92 Å². The van der Waals surface area contributed by atoms with E-state index in [-0.39, 0.29) is 17.2 Å². The Morgan fingerprint density at radius 1 is 1.40 bits per heavy atom. The van der Waals surface area contributed by atoms with Gasteiger partial charge in [-0.1, -0.05) is 11.8 Å². The van der Waals surface area contributed by atoms with Crippen LogP contribution in [0.3, 0.4) is 0 Å². The molecule has 88 valence electrons. The number of hydrogen-bond donors (Lipinski definition) is 0. The van der Waals surface area contributed by atoms with Crippen LogP contribution in [0.2, 0.25) is 0 Å². The Bertz CT molecular complexity index is 259. The molecule has 1 heterocycles. The van der Waals surface area contributed by atoms with Crippen molar-refractivity contribution in [1.29, 1.82) is 0 Å². The third-order valence-corrected chi connectivity index (χ3v) is 5.39. The molecule has 0 bridgehead atoms. The van der Waals surface area contributed by atoms with Crippen molar-refractivity contribution in [3.8, 4) is 0 Å². The second-order valence-corrected chi connectivity index (χ2v) is 6.48. The fourth-order valence-corrected chi connectivity index (χ4v) is 4.63. The molecule has 1 rings (SSSR count). The van der Waals surface area contributed by atoms with E-state index in [1.165, 1.54) is 11.8 Å². The normalized spacial score (nSPS) is 22.3. The van der Waals surface area contributed by atoms with E-state index in [1.807, 2.05) is 0 Å². The Hall–Kier alpha value is 0.170. The summed E-state index contributed by atoms with van der Waals surface area (Å²) >= 11 is 1.31. The highest BCUT2D eigenvalue weighted by molar-refractivity contribution is 8.14. The smallest absolute Gasteiger partial charge is 0.309 e. The average molecular weight is 252 g/mol. The van der Waals surface area contributed by atoms with Crippen molar-refractivity contribution in [1.82, 2.24) is 0 Å². The average Bonchev–Trinajstić information content (AvgIpc) is 2.52. The third-order valence-electron chi connectivity index (χ3n) is 2.14. The summed E-state index contributed by atoms with van der Waals surface area (Å²) in [4.78, 5) is 11.4. The fourth-order valence-electron chi connectivity index (χ4n) is 1.51. The second kappa shape index (κ2) is 6.04. The van der Waals surface area contributed by atoms with Crippen LogP contribution >= 0.6 is 19.4 Å². The molecule has 0 aliphatic carbocycles. The second-order valence-electron chi connectivity index (χ2n) is 3.28. The molecule has 15 heavy (non-hydrogen) atoms. The Labute approximate surface area is 94.6 Å². The van der Waals surface area contributed by atoms with E-state index in [0.717, 1.165) is 12.2 Å². The summed E-state index contributed by atoms with van der Waals surface area (Å²) < 4.78 is 22.4. The highest BCUT2D eigenvalue weighted by Gasteiger charge is 2.35. The molecule has 4 nitrogen and oxygen atoms in total. The van der Waals surface area contributed by atoms with Crippen molar-refractivity contribution in [2.75, 3.05) is 25.1 Å². The van der Waals surface area contributed by atoms with Crippen molar-refractivity contribution in [2.24, 2.45) is 5.92 Å². The number of carbonyl (C=O) groups is 1. The van der Waals surface area contributed by atoms with Gasteiger partial charge in [0.05, 0.1) is 19.4 Å². The van der Waals surface area contributed by atoms with E-state index < -0.39 is 7.60 Å². The fraction of sp³-hybridized carbons (Fsp3) is 0.889. The number of rotatable bonds is 6. The van der Waals surface area contributed by atoms with Crippen LogP contribution in [0.25, 0.3) is 0 Å². The van der Waals surface area contributed by atoms with Gasteiger partial charge in [0.1, 0.15) is 0 Å². The monoisotopic (exact) mass is 252 g/mol. The summed E-state index contributed by atoms with van der Waals surface area (Å²) in [5, 5.41) is 0.120. The first kappa shape index (κ1) is 13.2. The summed E-state index contributed by atoms with van der Waals surface area (Å²) in [6.07, 6.45) is 1.02. The molecular weight excluding hydrogens is 235 g/mol. The maximum Gasteiger partial charge on any atom is 0.331 e. The zero-order chi connectivity index (χ0) is 11.3. The Morgan fingerprint density at radius 2 is 2.00 bits per heavy atom. The lowest BCUT2D eigenvalue weighted by Gasteiger charge is -2.19. The van der Waals surface area contributed by atoms with E-state index in [9.17, 15) is 9.36 Å². The molecule has 0 radical (unpaired) electrons. The van der Waals surface area contributed by atoms with Gasteiger partial charge < -0.3 is 9.05 Å². The lowest BCUT2D eigenvalue weighted by Crippen LogP contribution is -2.13. The van der Waals surface area contributed by atoms with E-state index in [4.69, 9.17) is 9.05 Å². The Balaban J connectivity index is 2.57. The molecule has 0 saturated carbocycles. The quantitative estimate of drug-likeness (QED) is 0.680. The molecule has 1 fully saturated rings. The largest absolute Gasteiger partial charge is 0.331 e. The van der Waals surface area contributed by atoms with Crippen molar-refractivity contribution in [3.05, 3.63) is 0 Å². The maximum absolute atomic E-state index is 12.1. The van der Waals surface area contributed by atoms with E-state index in [0.29, 0.717) is 13.2 Å². The van der Waals surface area contributed by atoms with Crippen molar-refractivity contribution >= 4 is 24.5 Å². The Morgan fingerprint density at radius 3 is 2.40 bits per heavy atom. The summed E-state index contributed by atoms with van der Waals surface area (Å²) in [7, 11) is -3.04. The van der Waals surface area contributed by atoms with Gasteiger partial charge in [0.25, 0.3) is 0 Å². The van der Waals surface area contributed by atoms with Crippen molar-refractivity contribution < 1.29 is 18.4 Å². The topological polar surface area (TPSA) is 52.6 Å². The van der Waals surface area contributed by atoms with Gasteiger partial charge in [-0.05, 0) is 20.3 Å². The summed E-state index contributed by atoms with van der Waals surface area (Å²) in [5.74, 6) is 0.667. The first-order chi connectivity index (χ1) is 7.11. The van der Waals surface area contributed by atoms with E-state index >= 15 is 0 Å². The van der Waals surface area contributed by atoms with Crippen molar-refractivity contribution in [3.63, 3.8) is 0 Å². The lowest BCUT2D eigenvalue weighted by atomic mass is 10.1. The van der Waals surface area contributed by atoms with Crippen LogP contribution in [0.15, 0.2) is 0 Å². The number of carbonyl (C=O) groups excluding carboxylic acids is 1. The van der Waals surface area contributed by atoms with Crippen LogP contribution in [0.4, 0.5) is 0 Å². The van der Waals surface area contributed by atoms with Gasteiger partial charge in [-0.25, -0.2) is 0 Å². The minimum Gasteiger partial charge on any atom is -0.309 e. The first-order valence-electron chi connectivity index (χ1n) is 5.16. The maximum atomic E-state index is 12.1. The summed E-state index contributed by atoms with van der Waals surface area (Å²) in [6.45, 7) is 4.25. The van der Waals surface area contributed by atoms with Gasteiger partial charge in [0.15, 0.2) is 5.12 Å². The molecule has 1 saturated heterocycles. The summed E-state index contributed by atoms with van der Waals surface area (Å²) in [6, 6.07) is 0. The molecule has 0 spiro atoms. The Kier molecular flexibility index (Phi) is 5.33. The minimum absolute atomic E-state index is 0.120. The molecular formula is C9H17O4PS. The predicted molar refractivity (Wildman–Crippen MR) is 61.3 cm³/mol. The van der Waals surface area contributed by atoms with Gasteiger partial charge in [-0.3, -0.25) is 9.36 Å². The van der Waals surface area contributed by atoms with Crippen LogP contribution < -0.4 is 0 Å².